The zero-order valence-corrected chi connectivity index (χ0v) is 21.8. The molecule has 200 valence electrons. The molecule has 1 amide bonds. The topological polar surface area (TPSA) is 110 Å². The summed E-state index contributed by atoms with van der Waals surface area (Å²) in [7, 11) is 2.06. The standard InChI is InChI=1S/C27H41N3O6/c1-4-29(3)19-24-17-22-7-5-6-8-26(22)30(24)12-9-25(33)18-23(20-31)27(34)28-11-14-36-16-15-35-13-10-21(2)32/h5-8,17,23,31H,4,9-16,18-20H2,1-3H3,(H,28,34)/t23-/m0/s1. The van der Waals surface area contributed by atoms with Gasteiger partial charge in [0.2, 0.25) is 5.91 Å². The second-order valence-corrected chi connectivity index (χ2v) is 9.02. The summed E-state index contributed by atoms with van der Waals surface area (Å²) in [5.74, 6) is -1.11. The van der Waals surface area contributed by atoms with Crippen LogP contribution in [0.4, 0.5) is 0 Å². The third kappa shape index (κ3) is 10.2. The van der Waals surface area contributed by atoms with Gasteiger partial charge in [-0.2, -0.15) is 0 Å². The summed E-state index contributed by atoms with van der Waals surface area (Å²) < 4.78 is 12.8. The number of aliphatic hydroxyl groups excluding tert-OH is 1. The maximum Gasteiger partial charge on any atom is 0.225 e. The second kappa shape index (κ2) is 16.2. The molecule has 1 atom stereocenters. The van der Waals surface area contributed by atoms with E-state index in [1.165, 1.54) is 6.92 Å². The molecule has 0 saturated heterocycles. The van der Waals surface area contributed by atoms with Crippen LogP contribution in [0, 0.1) is 5.92 Å². The van der Waals surface area contributed by atoms with Crippen LogP contribution in [-0.4, -0.2) is 85.2 Å². The summed E-state index contributed by atoms with van der Waals surface area (Å²) in [6.07, 6.45) is 0.672. The number of rotatable bonds is 19. The molecule has 36 heavy (non-hydrogen) atoms. The number of ketones is 2. The van der Waals surface area contributed by atoms with Crippen molar-refractivity contribution in [3.05, 3.63) is 36.0 Å². The highest BCUT2D eigenvalue weighted by Gasteiger charge is 2.21. The lowest BCUT2D eigenvalue weighted by Gasteiger charge is -2.17. The molecule has 9 heteroatoms. The van der Waals surface area contributed by atoms with Gasteiger partial charge in [0.15, 0.2) is 0 Å². The fourth-order valence-electron chi connectivity index (χ4n) is 3.83. The highest BCUT2D eigenvalue weighted by Crippen LogP contribution is 2.22. The van der Waals surface area contributed by atoms with E-state index >= 15 is 0 Å². The van der Waals surface area contributed by atoms with Gasteiger partial charge in [0, 0.05) is 50.1 Å². The van der Waals surface area contributed by atoms with Crippen molar-refractivity contribution in [2.45, 2.75) is 46.2 Å². The van der Waals surface area contributed by atoms with Gasteiger partial charge in [-0.05, 0) is 38.0 Å². The molecule has 0 bridgehead atoms. The lowest BCUT2D eigenvalue weighted by atomic mass is 10.0. The number of fused-ring (bicyclic) bond motifs is 1. The Morgan fingerprint density at radius 2 is 1.81 bits per heavy atom. The van der Waals surface area contributed by atoms with Crippen molar-refractivity contribution < 1.29 is 29.0 Å². The number of aromatic nitrogens is 1. The Morgan fingerprint density at radius 1 is 1.08 bits per heavy atom. The van der Waals surface area contributed by atoms with Crippen LogP contribution in [0.15, 0.2) is 30.3 Å². The van der Waals surface area contributed by atoms with Crippen molar-refractivity contribution in [1.82, 2.24) is 14.8 Å². The van der Waals surface area contributed by atoms with Gasteiger partial charge >= 0.3 is 0 Å². The zero-order valence-electron chi connectivity index (χ0n) is 21.8. The van der Waals surface area contributed by atoms with Gasteiger partial charge in [-0.15, -0.1) is 0 Å². The number of amides is 1. The van der Waals surface area contributed by atoms with Crippen molar-refractivity contribution >= 4 is 28.4 Å². The average molecular weight is 504 g/mol. The fraction of sp³-hybridized carbons (Fsp3) is 0.593. The van der Waals surface area contributed by atoms with Crippen LogP contribution in [0.5, 0.6) is 0 Å². The molecule has 0 aliphatic rings. The number of hydrogen-bond acceptors (Lipinski definition) is 7. The second-order valence-electron chi connectivity index (χ2n) is 9.02. The van der Waals surface area contributed by atoms with E-state index in [0.717, 1.165) is 29.7 Å². The smallest absolute Gasteiger partial charge is 0.225 e. The van der Waals surface area contributed by atoms with Crippen molar-refractivity contribution in [2.24, 2.45) is 5.92 Å². The molecule has 0 aliphatic heterocycles. The minimum absolute atomic E-state index is 0.00340. The zero-order chi connectivity index (χ0) is 26.3. The third-order valence-corrected chi connectivity index (χ3v) is 6.06. The van der Waals surface area contributed by atoms with E-state index in [9.17, 15) is 19.5 Å². The Bertz CT molecular complexity index is 974. The van der Waals surface area contributed by atoms with Gasteiger partial charge < -0.3 is 29.4 Å². The number of aryl methyl sites for hydroxylation is 1. The van der Waals surface area contributed by atoms with Gasteiger partial charge in [0.1, 0.15) is 11.6 Å². The van der Waals surface area contributed by atoms with Crippen LogP contribution >= 0.6 is 0 Å². The van der Waals surface area contributed by atoms with Crippen LogP contribution in [-0.2, 0) is 36.9 Å². The number of para-hydroxylation sites is 1. The SMILES string of the molecule is CCN(C)Cc1cc2ccccc2n1CCC(=O)C[C@@H](CO)C(=O)NCCOCCOCCC(C)=O. The maximum atomic E-state index is 12.7. The number of carbonyl (C=O) groups is 3. The first-order valence-electron chi connectivity index (χ1n) is 12.7. The first-order chi connectivity index (χ1) is 17.3. The monoisotopic (exact) mass is 503 g/mol. The predicted octanol–water partition coefficient (Wildman–Crippen LogP) is 2.18. The van der Waals surface area contributed by atoms with E-state index in [-0.39, 0.29) is 43.5 Å². The van der Waals surface area contributed by atoms with Crippen molar-refractivity contribution in [3.63, 3.8) is 0 Å². The number of benzene rings is 1. The first kappa shape index (κ1) is 29.6. The quantitative estimate of drug-likeness (QED) is 0.283. The number of nitrogens with one attached hydrogen (secondary N) is 1. The summed E-state index contributed by atoms with van der Waals surface area (Å²) in [5, 5.41) is 13.5. The van der Waals surface area contributed by atoms with E-state index in [1.807, 2.05) is 12.1 Å². The van der Waals surface area contributed by atoms with E-state index < -0.39 is 5.92 Å². The van der Waals surface area contributed by atoms with Crippen LogP contribution in [0.25, 0.3) is 10.9 Å². The number of Topliss-reactive ketones (excluding diaryl/α,β-unsaturated/α-hetero) is 2. The largest absolute Gasteiger partial charge is 0.396 e. The Kier molecular flexibility index (Phi) is 13.3. The number of carbonyl (C=O) groups excluding carboxylic acids is 3. The molecule has 1 aromatic carbocycles. The van der Waals surface area contributed by atoms with E-state index in [4.69, 9.17) is 9.47 Å². The van der Waals surface area contributed by atoms with Gasteiger partial charge in [0.25, 0.3) is 0 Å². The predicted molar refractivity (Wildman–Crippen MR) is 139 cm³/mol. The summed E-state index contributed by atoms with van der Waals surface area (Å²) in [4.78, 5) is 38.2. The van der Waals surface area contributed by atoms with Crippen molar-refractivity contribution in [1.29, 1.82) is 0 Å². The van der Waals surface area contributed by atoms with Gasteiger partial charge in [-0.25, -0.2) is 0 Å². The molecule has 0 unspecified atom stereocenters. The Labute approximate surface area is 213 Å². The van der Waals surface area contributed by atoms with Crippen molar-refractivity contribution in [3.8, 4) is 0 Å². The maximum absolute atomic E-state index is 12.7. The summed E-state index contributed by atoms with van der Waals surface area (Å²) in [5.41, 5.74) is 2.24. The normalized spacial score (nSPS) is 12.2. The Hall–Kier alpha value is -2.59. The number of hydrogen-bond donors (Lipinski definition) is 2. The number of ether oxygens (including phenoxy) is 2. The molecule has 0 fully saturated rings. The summed E-state index contributed by atoms with van der Waals surface area (Å²) >= 11 is 0. The molecule has 2 N–H and O–H groups in total. The lowest BCUT2D eigenvalue weighted by Crippen LogP contribution is -2.36. The molecule has 0 aliphatic carbocycles. The van der Waals surface area contributed by atoms with Gasteiger partial charge in [-0.3, -0.25) is 14.4 Å². The van der Waals surface area contributed by atoms with E-state index in [2.05, 4.69) is 47.0 Å². The van der Waals surface area contributed by atoms with Crippen molar-refractivity contribution in [2.75, 3.05) is 53.2 Å². The summed E-state index contributed by atoms with van der Waals surface area (Å²) in [6, 6.07) is 10.3. The van der Waals surface area contributed by atoms with E-state index in [1.54, 1.807) is 0 Å². The lowest BCUT2D eigenvalue weighted by molar-refractivity contribution is -0.131. The highest BCUT2D eigenvalue weighted by atomic mass is 16.5. The van der Waals surface area contributed by atoms with Gasteiger partial charge in [0.05, 0.1) is 39.0 Å². The van der Waals surface area contributed by atoms with E-state index in [0.29, 0.717) is 39.4 Å². The molecular weight excluding hydrogens is 462 g/mol. The molecule has 1 heterocycles. The molecular formula is C27H41N3O6. The first-order valence-corrected chi connectivity index (χ1v) is 12.7. The molecule has 9 nitrogen and oxygen atoms in total. The van der Waals surface area contributed by atoms with Gasteiger partial charge in [-0.1, -0.05) is 25.1 Å². The number of nitrogens with zero attached hydrogens (tertiary/aromatic N) is 2. The van der Waals surface area contributed by atoms with Crippen LogP contribution in [0.2, 0.25) is 0 Å². The Morgan fingerprint density at radius 3 is 2.50 bits per heavy atom. The molecule has 0 saturated carbocycles. The Balaban J connectivity index is 1.76. The fourth-order valence-corrected chi connectivity index (χ4v) is 3.83. The molecule has 1 aromatic heterocycles. The average Bonchev–Trinajstić information content (AvgIpc) is 3.21. The molecule has 2 rings (SSSR count). The number of aliphatic hydroxyl groups is 1. The van der Waals surface area contributed by atoms with Crippen LogP contribution < -0.4 is 5.32 Å². The minimum atomic E-state index is -0.778. The highest BCUT2D eigenvalue weighted by molar-refractivity contribution is 5.87. The minimum Gasteiger partial charge on any atom is -0.396 e. The molecule has 0 radical (unpaired) electrons. The molecule has 0 spiro atoms. The van der Waals surface area contributed by atoms with Crippen LogP contribution in [0.1, 0.15) is 38.8 Å². The summed E-state index contributed by atoms with van der Waals surface area (Å²) in [6.45, 7) is 7.16. The van der Waals surface area contributed by atoms with Crippen LogP contribution in [0.3, 0.4) is 0 Å². The third-order valence-electron chi connectivity index (χ3n) is 6.06. The molecule has 2 aromatic rings.